The van der Waals surface area contributed by atoms with Crippen LogP contribution < -0.4 is 9.47 Å². The van der Waals surface area contributed by atoms with Crippen LogP contribution in [0.25, 0.3) is 22.3 Å². The highest BCUT2D eigenvalue weighted by Gasteiger charge is 2.24. The van der Waals surface area contributed by atoms with E-state index >= 15 is 0 Å². The van der Waals surface area contributed by atoms with E-state index in [1.54, 1.807) is 48.5 Å². The SMILES string of the molecule is O=C(c1ccc(-c2ccc(OCC3CO3)cc2)cc1)c1ccccc1C(=O)c1ccc(-c2ccc(OCC3CO3)cc2)cc1. The molecule has 2 aliphatic rings. The van der Waals surface area contributed by atoms with Crippen molar-refractivity contribution < 1.29 is 28.5 Å². The number of ketones is 2. The van der Waals surface area contributed by atoms with Crippen LogP contribution in [0.2, 0.25) is 0 Å². The van der Waals surface area contributed by atoms with E-state index in [2.05, 4.69) is 0 Å². The first-order valence-corrected chi connectivity index (χ1v) is 14.7. The zero-order valence-electron chi connectivity index (χ0n) is 24.0. The highest BCUT2D eigenvalue weighted by Crippen LogP contribution is 2.27. The molecular formula is C38H30O6. The van der Waals surface area contributed by atoms with Crippen LogP contribution in [-0.2, 0) is 9.47 Å². The maximum atomic E-state index is 13.6. The molecule has 0 radical (unpaired) electrons. The summed E-state index contributed by atoms with van der Waals surface area (Å²) < 4.78 is 21.8. The van der Waals surface area contributed by atoms with Gasteiger partial charge in [-0.1, -0.05) is 97.1 Å². The van der Waals surface area contributed by atoms with Crippen molar-refractivity contribution in [3.8, 4) is 33.8 Å². The number of benzene rings is 5. The summed E-state index contributed by atoms with van der Waals surface area (Å²) in [4.78, 5) is 27.2. The first-order valence-electron chi connectivity index (χ1n) is 14.7. The summed E-state index contributed by atoms with van der Waals surface area (Å²) in [7, 11) is 0. The van der Waals surface area contributed by atoms with Crippen LogP contribution in [0.5, 0.6) is 11.5 Å². The molecule has 2 atom stereocenters. The third-order valence-corrected chi connectivity index (χ3v) is 7.76. The molecule has 0 saturated carbocycles. The molecule has 0 spiro atoms. The van der Waals surface area contributed by atoms with Gasteiger partial charge in [0.1, 0.15) is 36.9 Å². The Morgan fingerprint density at radius 2 is 0.818 bits per heavy atom. The first-order chi connectivity index (χ1) is 21.6. The number of hydrogen-bond donors (Lipinski definition) is 0. The smallest absolute Gasteiger partial charge is 0.193 e. The predicted octanol–water partition coefficient (Wildman–Crippen LogP) is 7.04. The van der Waals surface area contributed by atoms with Gasteiger partial charge in [0.25, 0.3) is 0 Å². The molecular weight excluding hydrogens is 552 g/mol. The zero-order chi connectivity index (χ0) is 29.9. The minimum absolute atomic E-state index is 0.196. The maximum Gasteiger partial charge on any atom is 0.193 e. The Morgan fingerprint density at radius 3 is 1.14 bits per heavy atom. The third-order valence-electron chi connectivity index (χ3n) is 7.76. The fourth-order valence-corrected chi connectivity index (χ4v) is 5.01. The van der Waals surface area contributed by atoms with E-state index < -0.39 is 0 Å². The van der Waals surface area contributed by atoms with Crippen LogP contribution in [0.1, 0.15) is 31.8 Å². The molecule has 0 N–H and O–H groups in total. The molecule has 6 heteroatoms. The van der Waals surface area contributed by atoms with Crippen molar-refractivity contribution >= 4 is 11.6 Å². The van der Waals surface area contributed by atoms with Gasteiger partial charge in [0, 0.05) is 22.3 Å². The van der Waals surface area contributed by atoms with Crippen molar-refractivity contribution in [3.63, 3.8) is 0 Å². The molecule has 2 saturated heterocycles. The van der Waals surface area contributed by atoms with E-state index in [-0.39, 0.29) is 23.8 Å². The lowest BCUT2D eigenvalue weighted by molar-refractivity contribution is 0.100. The van der Waals surface area contributed by atoms with Gasteiger partial charge < -0.3 is 18.9 Å². The molecule has 0 bridgehead atoms. The van der Waals surface area contributed by atoms with E-state index in [0.29, 0.717) is 35.5 Å². The van der Waals surface area contributed by atoms with Gasteiger partial charge in [0.05, 0.1) is 13.2 Å². The second-order valence-electron chi connectivity index (χ2n) is 10.9. The van der Waals surface area contributed by atoms with Gasteiger partial charge in [-0.25, -0.2) is 0 Å². The van der Waals surface area contributed by atoms with Crippen LogP contribution in [0.3, 0.4) is 0 Å². The van der Waals surface area contributed by atoms with Crippen molar-refractivity contribution in [2.75, 3.05) is 26.4 Å². The zero-order valence-corrected chi connectivity index (χ0v) is 24.0. The fourth-order valence-electron chi connectivity index (χ4n) is 5.01. The van der Waals surface area contributed by atoms with Gasteiger partial charge in [0.15, 0.2) is 11.6 Å². The van der Waals surface area contributed by atoms with Crippen molar-refractivity contribution in [2.24, 2.45) is 0 Å². The topological polar surface area (TPSA) is 77.7 Å². The Kier molecular flexibility index (Phi) is 7.76. The number of carbonyl (C=O) groups excluding carboxylic acids is 2. The molecule has 0 aliphatic carbocycles. The Bertz CT molecular complexity index is 1630. The van der Waals surface area contributed by atoms with E-state index in [1.165, 1.54) is 0 Å². The molecule has 2 heterocycles. The molecule has 5 aromatic rings. The molecule has 0 amide bonds. The number of ether oxygens (including phenoxy) is 4. The highest BCUT2D eigenvalue weighted by molar-refractivity contribution is 6.19. The van der Waals surface area contributed by atoms with Crippen molar-refractivity contribution in [3.05, 3.63) is 144 Å². The highest BCUT2D eigenvalue weighted by atomic mass is 16.6. The molecule has 2 aliphatic heterocycles. The lowest BCUT2D eigenvalue weighted by atomic mass is 9.92. The Morgan fingerprint density at radius 1 is 0.500 bits per heavy atom. The standard InChI is InChI=1S/C38H30O6/c39-37(29-9-5-25(6-10-29)27-13-17-31(18-14-27)41-21-33-23-43-33)35-3-1-2-4-36(35)38(40)30-11-7-26(8-12-30)28-15-19-32(20-16-28)42-22-34-24-44-34/h1-20,33-34H,21-24H2. The molecule has 2 fully saturated rings. The van der Waals surface area contributed by atoms with Crippen LogP contribution >= 0.6 is 0 Å². The number of epoxide rings is 2. The summed E-state index contributed by atoms with van der Waals surface area (Å²) >= 11 is 0. The summed E-state index contributed by atoms with van der Waals surface area (Å²) in [6, 6.07) is 37.6. The van der Waals surface area contributed by atoms with Crippen LogP contribution in [-0.4, -0.2) is 50.2 Å². The molecule has 218 valence electrons. The summed E-state index contributed by atoms with van der Waals surface area (Å²) in [6.07, 6.45) is 0.423. The average Bonchev–Trinajstić information content (AvgIpc) is 4.03. The van der Waals surface area contributed by atoms with Gasteiger partial charge in [-0.2, -0.15) is 0 Å². The van der Waals surface area contributed by atoms with Gasteiger partial charge >= 0.3 is 0 Å². The fraction of sp³-hybridized carbons (Fsp3) is 0.158. The predicted molar refractivity (Wildman–Crippen MR) is 168 cm³/mol. The van der Waals surface area contributed by atoms with Crippen LogP contribution in [0.4, 0.5) is 0 Å². The van der Waals surface area contributed by atoms with E-state index in [0.717, 1.165) is 47.0 Å². The average molecular weight is 583 g/mol. The molecule has 6 nitrogen and oxygen atoms in total. The second-order valence-corrected chi connectivity index (χ2v) is 10.9. The quantitative estimate of drug-likeness (QED) is 0.116. The van der Waals surface area contributed by atoms with Crippen molar-refractivity contribution in [2.45, 2.75) is 12.2 Å². The molecule has 0 aromatic heterocycles. The van der Waals surface area contributed by atoms with Crippen molar-refractivity contribution in [1.29, 1.82) is 0 Å². The van der Waals surface area contributed by atoms with Gasteiger partial charge in [-0.3, -0.25) is 9.59 Å². The maximum absolute atomic E-state index is 13.6. The van der Waals surface area contributed by atoms with Crippen LogP contribution in [0, 0.1) is 0 Å². The lowest BCUT2D eigenvalue weighted by Gasteiger charge is -2.10. The van der Waals surface area contributed by atoms with Gasteiger partial charge in [-0.15, -0.1) is 0 Å². The second kappa shape index (κ2) is 12.3. The molecule has 44 heavy (non-hydrogen) atoms. The molecule has 7 rings (SSSR count). The largest absolute Gasteiger partial charge is 0.491 e. The normalized spacial score (nSPS) is 16.6. The minimum atomic E-state index is -0.196. The summed E-state index contributed by atoms with van der Waals surface area (Å²) in [6.45, 7) is 2.65. The molecule has 2 unspecified atom stereocenters. The van der Waals surface area contributed by atoms with Gasteiger partial charge in [0.2, 0.25) is 0 Å². The van der Waals surface area contributed by atoms with E-state index in [1.807, 2.05) is 72.8 Å². The van der Waals surface area contributed by atoms with Gasteiger partial charge in [-0.05, 0) is 46.5 Å². The van der Waals surface area contributed by atoms with Crippen molar-refractivity contribution in [1.82, 2.24) is 0 Å². The first kappa shape index (κ1) is 27.8. The minimum Gasteiger partial charge on any atom is -0.491 e. The number of rotatable bonds is 12. The Labute approximate surface area is 255 Å². The number of carbonyl (C=O) groups is 2. The molecule has 5 aromatic carbocycles. The van der Waals surface area contributed by atoms with Crippen LogP contribution in [0.15, 0.2) is 121 Å². The van der Waals surface area contributed by atoms with E-state index in [4.69, 9.17) is 18.9 Å². The monoisotopic (exact) mass is 582 g/mol. The Hall–Kier alpha value is -5.04. The summed E-state index contributed by atoms with van der Waals surface area (Å²) in [5, 5.41) is 0. The number of hydrogen-bond acceptors (Lipinski definition) is 6. The van der Waals surface area contributed by atoms with E-state index in [9.17, 15) is 9.59 Å². The lowest BCUT2D eigenvalue weighted by Crippen LogP contribution is -2.11. The Balaban J connectivity index is 1.03. The summed E-state index contributed by atoms with van der Waals surface area (Å²) in [5.74, 6) is 1.20. The summed E-state index contributed by atoms with van der Waals surface area (Å²) in [5.41, 5.74) is 5.80. The third kappa shape index (κ3) is 6.47.